The highest BCUT2D eigenvalue weighted by atomic mass is 35.5. The van der Waals surface area contributed by atoms with Crippen molar-refractivity contribution in [3.8, 4) is 0 Å². The van der Waals surface area contributed by atoms with Crippen molar-refractivity contribution in [3.05, 3.63) is 22.7 Å². The SMILES string of the molecule is CN(CC1CC1)c1c(Cl)cc(N)cc1C(N)=O. The van der Waals surface area contributed by atoms with Crippen molar-refractivity contribution in [1.82, 2.24) is 0 Å². The van der Waals surface area contributed by atoms with Crippen molar-refractivity contribution in [3.63, 3.8) is 0 Å². The Bertz CT molecular complexity index is 457. The summed E-state index contributed by atoms with van der Waals surface area (Å²) in [5.41, 5.74) is 12.5. The fourth-order valence-corrected chi connectivity index (χ4v) is 2.35. The van der Waals surface area contributed by atoms with Gasteiger partial charge in [0.15, 0.2) is 0 Å². The molecule has 1 fully saturated rings. The van der Waals surface area contributed by atoms with Gasteiger partial charge in [-0.1, -0.05) is 11.6 Å². The number of hydrogen-bond acceptors (Lipinski definition) is 3. The van der Waals surface area contributed by atoms with Crippen molar-refractivity contribution in [2.24, 2.45) is 11.7 Å². The maximum absolute atomic E-state index is 11.4. The first-order chi connectivity index (χ1) is 7.99. The van der Waals surface area contributed by atoms with E-state index in [9.17, 15) is 4.79 Å². The summed E-state index contributed by atoms with van der Waals surface area (Å²) in [7, 11) is 1.92. The minimum absolute atomic E-state index is 0.387. The van der Waals surface area contributed by atoms with E-state index in [0.29, 0.717) is 27.9 Å². The highest BCUT2D eigenvalue weighted by Crippen LogP contribution is 2.36. The molecule has 4 N–H and O–H groups in total. The molecule has 0 aliphatic heterocycles. The summed E-state index contributed by atoms with van der Waals surface area (Å²) >= 11 is 6.15. The molecule has 2 rings (SSSR count). The van der Waals surface area contributed by atoms with E-state index in [1.807, 2.05) is 11.9 Å². The first-order valence-electron chi connectivity index (χ1n) is 5.59. The summed E-state index contributed by atoms with van der Waals surface area (Å²) in [6.07, 6.45) is 2.48. The third-order valence-corrected chi connectivity index (χ3v) is 3.25. The van der Waals surface area contributed by atoms with Crippen LogP contribution in [0.4, 0.5) is 11.4 Å². The Morgan fingerprint density at radius 2 is 2.18 bits per heavy atom. The van der Waals surface area contributed by atoms with E-state index in [1.165, 1.54) is 12.8 Å². The number of halogens is 1. The van der Waals surface area contributed by atoms with Gasteiger partial charge in [-0.3, -0.25) is 4.79 Å². The number of carbonyl (C=O) groups is 1. The van der Waals surface area contributed by atoms with Gasteiger partial charge in [-0.15, -0.1) is 0 Å². The van der Waals surface area contributed by atoms with Crippen molar-refractivity contribution < 1.29 is 4.79 Å². The molecular formula is C12H16ClN3O. The Balaban J connectivity index is 2.38. The zero-order valence-corrected chi connectivity index (χ0v) is 10.5. The van der Waals surface area contributed by atoms with Gasteiger partial charge in [0.05, 0.1) is 16.3 Å². The van der Waals surface area contributed by atoms with E-state index in [-0.39, 0.29) is 0 Å². The lowest BCUT2D eigenvalue weighted by molar-refractivity contribution is 0.100. The Morgan fingerprint density at radius 3 is 2.71 bits per heavy atom. The molecule has 0 unspecified atom stereocenters. The molecule has 1 amide bonds. The normalized spacial score (nSPS) is 14.7. The highest BCUT2D eigenvalue weighted by molar-refractivity contribution is 6.34. The van der Waals surface area contributed by atoms with E-state index in [2.05, 4.69) is 0 Å². The lowest BCUT2D eigenvalue weighted by Crippen LogP contribution is -2.25. The van der Waals surface area contributed by atoms with E-state index < -0.39 is 5.91 Å². The molecule has 0 heterocycles. The van der Waals surface area contributed by atoms with Gasteiger partial charge in [0.2, 0.25) is 0 Å². The van der Waals surface area contributed by atoms with Crippen LogP contribution in [0.25, 0.3) is 0 Å². The molecule has 0 atom stereocenters. The number of anilines is 2. The van der Waals surface area contributed by atoms with Gasteiger partial charge in [-0.05, 0) is 30.9 Å². The number of primary amides is 1. The Kier molecular flexibility index (Phi) is 3.15. The first kappa shape index (κ1) is 12.0. The summed E-state index contributed by atoms with van der Waals surface area (Å²) in [4.78, 5) is 13.4. The maximum Gasteiger partial charge on any atom is 0.250 e. The molecule has 0 radical (unpaired) electrons. The summed E-state index contributed by atoms with van der Waals surface area (Å²) in [5.74, 6) is 0.200. The number of benzene rings is 1. The molecule has 1 aliphatic rings. The van der Waals surface area contributed by atoms with E-state index >= 15 is 0 Å². The third kappa shape index (κ3) is 2.64. The average molecular weight is 254 g/mol. The predicted octanol–water partition coefficient (Wildman–Crippen LogP) is 1.87. The molecule has 0 spiro atoms. The van der Waals surface area contributed by atoms with Crippen LogP contribution in [-0.2, 0) is 0 Å². The second-order valence-electron chi connectivity index (χ2n) is 4.59. The second kappa shape index (κ2) is 4.45. The molecule has 0 saturated heterocycles. The molecule has 92 valence electrons. The summed E-state index contributed by atoms with van der Waals surface area (Å²) in [5, 5.41) is 0.474. The van der Waals surface area contributed by atoms with E-state index in [4.69, 9.17) is 23.1 Å². The summed E-state index contributed by atoms with van der Waals surface area (Å²) in [6, 6.07) is 3.22. The minimum Gasteiger partial charge on any atom is -0.399 e. The Hall–Kier alpha value is -1.42. The van der Waals surface area contributed by atoms with Crippen molar-refractivity contribution >= 4 is 28.9 Å². The topological polar surface area (TPSA) is 72.3 Å². The smallest absolute Gasteiger partial charge is 0.250 e. The number of nitrogens with zero attached hydrogens (tertiary/aromatic N) is 1. The molecule has 1 aromatic rings. The van der Waals surface area contributed by atoms with Gasteiger partial charge in [0.1, 0.15) is 0 Å². The lowest BCUT2D eigenvalue weighted by Gasteiger charge is -2.23. The van der Waals surface area contributed by atoms with Gasteiger partial charge < -0.3 is 16.4 Å². The van der Waals surface area contributed by atoms with Gasteiger partial charge in [0.25, 0.3) is 5.91 Å². The molecule has 0 aromatic heterocycles. The Morgan fingerprint density at radius 1 is 1.53 bits per heavy atom. The predicted molar refractivity (Wildman–Crippen MR) is 70.4 cm³/mol. The molecule has 1 aromatic carbocycles. The van der Waals surface area contributed by atoms with Crippen LogP contribution in [0.1, 0.15) is 23.2 Å². The van der Waals surface area contributed by atoms with Crippen LogP contribution in [-0.4, -0.2) is 19.5 Å². The van der Waals surface area contributed by atoms with Gasteiger partial charge in [0, 0.05) is 19.3 Å². The maximum atomic E-state index is 11.4. The molecule has 5 heteroatoms. The molecule has 0 bridgehead atoms. The highest BCUT2D eigenvalue weighted by Gasteiger charge is 2.25. The summed E-state index contributed by atoms with van der Waals surface area (Å²) in [6.45, 7) is 0.893. The largest absolute Gasteiger partial charge is 0.399 e. The lowest BCUT2D eigenvalue weighted by atomic mass is 10.1. The fraction of sp³-hybridized carbons (Fsp3) is 0.417. The zero-order valence-electron chi connectivity index (χ0n) is 9.74. The average Bonchev–Trinajstić information content (AvgIpc) is 2.99. The van der Waals surface area contributed by atoms with Crippen molar-refractivity contribution in [2.45, 2.75) is 12.8 Å². The van der Waals surface area contributed by atoms with Crippen molar-refractivity contribution in [1.29, 1.82) is 0 Å². The quantitative estimate of drug-likeness (QED) is 0.805. The van der Waals surface area contributed by atoms with Crippen LogP contribution < -0.4 is 16.4 Å². The van der Waals surface area contributed by atoms with Crippen molar-refractivity contribution in [2.75, 3.05) is 24.2 Å². The minimum atomic E-state index is -0.503. The summed E-state index contributed by atoms with van der Waals surface area (Å²) < 4.78 is 0. The molecular weight excluding hydrogens is 238 g/mol. The Labute approximate surface area is 106 Å². The molecule has 17 heavy (non-hydrogen) atoms. The number of nitrogen functional groups attached to an aromatic ring is 1. The number of amides is 1. The van der Waals surface area contributed by atoms with Crippen LogP contribution in [0.15, 0.2) is 12.1 Å². The molecule has 1 saturated carbocycles. The number of nitrogens with two attached hydrogens (primary N) is 2. The van der Waals surface area contributed by atoms with Gasteiger partial charge in [-0.25, -0.2) is 0 Å². The zero-order chi connectivity index (χ0) is 12.6. The van der Waals surface area contributed by atoms with Gasteiger partial charge in [-0.2, -0.15) is 0 Å². The first-order valence-corrected chi connectivity index (χ1v) is 5.96. The fourth-order valence-electron chi connectivity index (χ4n) is 1.97. The second-order valence-corrected chi connectivity index (χ2v) is 4.99. The van der Waals surface area contributed by atoms with E-state index in [1.54, 1.807) is 12.1 Å². The van der Waals surface area contributed by atoms with Crippen LogP contribution in [0.5, 0.6) is 0 Å². The number of carbonyl (C=O) groups excluding carboxylic acids is 1. The molecule has 1 aliphatic carbocycles. The van der Waals surface area contributed by atoms with Crippen LogP contribution in [0.2, 0.25) is 5.02 Å². The van der Waals surface area contributed by atoms with E-state index in [0.717, 1.165) is 6.54 Å². The standard InChI is InChI=1S/C12H16ClN3O/c1-16(6-7-2-3-7)11-9(12(15)17)4-8(14)5-10(11)13/h4-5,7H,2-3,6,14H2,1H3,(H2,15,17). The number of rotatable bonds is 4. The monoisotopic (exact) mass is 253 g/mol. The van der Waals surface area contributed by atoms with Crippen LogP contribution >= 0.6 is 11.6 Å². The van der Waals surface area contributed by atoms with Crippen LogP contribution in [0, 0.1) is 5.92 Å². The van der Waals surface area contributed by atoms with Gasteiger partial charge >= 0.3 is 0 Å². The third-order valence-electron chi connectivity index (χ3n) is 2.96. The van der Waals surface area contributed by atoms with Crippen LogP contribution in [0.3, 0.4) is 0 Å². The number of hydrogen-bond donors (Lipinski definition) is 2. The molecule has 4 nitrogen and oxygen atoms in total.